The van der Waals surface area contributed by atoms with Gasteiger partial charge in [0, 0.05) is 51.0 Å². The predicted octanol–water partition coefficient (Wildman–Crippen LogP) is 3.60. The van der Waals surface area contributed by atoms with E-state index in [9.17, 15) is 4.79 Å². The number of hydrogen-bond acceptors (Lipinski definition) is 3. The average molecular weight is 507 g/mol. The lowest BCUT2D eigenvalue weighted by molar-refractivity contribution is -0.117. The number of rotatable bonds is 8. The monoisotopic (exact) mass is 507 g/mol. The van der Waals surface area contributed by atoms with Gasteiger partial charge in [-0.25, -0.2) is 0 Å². The number of aliphatic imine (C=N–C) groups is 1. The van der Waals surface area contributed by atoms with Gasteiger partial charge in [0.05, 0.1) is 0 Å². The van der Waals surface area contributed by atoms with E-state index in [1.807, 2.05) is 35.2 Å². The van der Waals surface area contributed by atoms with Gasteiger partial charge in [-0.05, 0) is 42.7 Å². The maximum absolute atomic E-state index is 11.8. The van der Waals surface area contributed by atoms with Crippen LogP contribution in [-0.4, -0.2) is 38.5 Å². The van der Waals surface area contributed by atoms with Crippen molar-refractivity contribution in [3.63, 3.8) is 0 Å². The molecule has 6 nitrogen and oxygen atoms in total. The number of halogens is 1. The number of para-hydroxylation sites is 1. The minimum Gasteiger partial charge on any atom is -0.385 e. The number of nitrogens with one attached hydrogen (secondary N) is 3. The van der Waals surface area contributed by atoms with Crippen LogP contribution in [0.25, 0.3) is 0 Å². The fourth-order valence-corrected chi connectivity index (χ4v) is 3.21. The topological polar surface area (TPSA) is 68.8 Å². The molecule has 156 valence electrons. The third-order valence-electron chi connectivity index (χ3n) is 4.75. The molecule has 0 atom stereocenters. The van der Waals surface area contributed by atoms with E-state index in [1.165, 1.54) is 0 Å². The standard InChI is InChI=1S/C22H29N5O.HI/c1-23-22(25-15-6-14-24-19-7-3-2-4-8-19)26-17-18-10-12-20(13-11-18)27-16-5-9-21(27)28;/h2-4,7-8,10-13,24H,5-6,9,14-17H2,1H3,(H2,23,25,26);1H. The van der Waals surface area contributed by atoms with Crippen LogP contribution in [0, 0.1) is 0 Å². The van der Waals surface area contributed by atoms with Crippen LogP contribution in [0.2, 0.25) is 0 Å². The molecule has 1 amide bonds. The Labute approximate surface area is 190 Å². The highest BCUT2D eigenvalue weighted by Gasteiger charge is 2.21. The molecule has 3 N–H and O–H groups in total. The molecule has 1 fully saturated rings. The van der Waals surface area contributed by atoms with Crippen molar-refractivity contribution in [1.82, 2.24) is 10.6 Å². The van der Waals surface area contributed by atoms with Gasteiger partial charge in [0.15, 0.2) is 5.96 Å². The third kappa shape index (κ3) is 7.23. The Balaban J connectivity index is 0.00000300. The number of carbonyl (C=O) groups excluding carboxylic acids is 1. The van der Waals surface area contributed by atoms with Crippen LogP contribution in [0.4, 0.5) is 11.4 Å². The van der Waals surface area contributed by atoms with Crippen molar-refractivity contribution in [2.75, 3.05) is 36.9 Å². The molecule has 2 aromatic rings. The largest absolute Gasteiger partial charge is 0.385 e. The van der Waals surface area contributed by atoms with Crippen molar-refractivity contribution in [1.29, 1.82) is 0 Å². The van der Waals surface area contributed by atoms with Gasteiger partial charge in [-0.2, -0.15) is 0 Å². The molecule has 0 bridgehead atoms. The lowest BCUT2D eigenvalue weighted by atomic mass is 10.2. The van der Waals surface area contributed by atoms with Crippen LogP contribution in [0.15, 0.2) is 59.6 Å². The van der Waals surface area contributed by atoms with E-state index in [0.29, 0.717) is 13.0 Å². The summed E-state index contributed by atoms with van der Waals surface area (Å²) < 4.78 is 0. The lowest BCUT2D eigenvalue weighted by Crippen LogP contribution is -2.37. The van der Waals surface area contributed by atoms with Crippen LogP contribution >= 0.6 is 24.0 Å². The fraction of sp³-hybridized carbons (Fsp3) is 0.364. The molecule has 1 heterocycles. The Morgan fingerprint density at radius 1 is 1.03 bits per heavy atom. The highest BCUT2D eigenvalue weighted by molar-refractivity contribution is 14.0. The van der Waals surface area contributed by atoms with Gasteiger partial charge in [-0.15, -0.1) is 24.0 Å². The molecule has 1 aliphatic rings. The van der Waals surface area contributed by atoms with Crippen LogP contribution < -0.4 is 20.9 Å². The first-order chi connectivity index (χ1) is 13.8. The summed E-state index contributed by atoms with van der Waals surface area (Å²) in [6.45, 7) is 3.27. The van der Waals surface area contributed by atoms with Crippen molar-refractivity contribution in [2.45, 2.75) is 25.8 Å². The number of benzene rings is 2. The zero-order chi connectivity index (χ0) is 19.6. The summed E-state index contributed by atoms with van der Waals surface area (Å²) in [6, 6.07) is 18.4. The number of carbonyl (C=O) groups is 1. The summed E-state index contributed by atoms with van der Waals surface area (Å²) in [5.74, 6) is 1.01. The molecular weight excluding hydrogens is 477 g/mol. The highest BCUT2D eigenvalue weighted by atomic mass is 127. The van der Waals surface area contributed by atoms with Gasteiger partial charge in [-0.1, -0.05) is 30.3 Å². The van der Waals surface area contributed by atoms with E-state index in [4.69, 9.17) is 0 Å². The number of anilines is 2. The molecule has 7 heteroatoms. The number of guanidine groups is 1. The number of hydrogen-bond donors (Lipinski definition) is 3. The van der Waals surface area contributed by atoms with E-state index in [-0.39, 0.29) is 29.9 Å². The smallest absolute Gasteiger partial charge is 0.227 e. The quantitative estimate of drug-likeness (QED) is 0.221. The van der Waals surface area contributed by atoms with Crippen molar-refractivity contribution in [3.8, 4) is 0 Å². The Bertz CT molecular complexity index is 780. The molecule has 1 aliphatic heterocycles. The molecule has 0 saturated carbocycles. The van der Waals surface area contributed by atoms with Crippen molar-refractivity contribution in [2.24, 2.45) is 4.99 Å². The van der Waals surface area contributed by atoms with Crippen molar-refractivity contribution >= 4 is 47.2 Å². The molecule has 0 spiro atoms. The minimum absolute atomic E-state index is 0. The first-order valence-corrected chi connectivity index (χ1v) is 9.89. The van der Waals surface area contributed by atoms with Gasteiger partial charge >= 0.3 is 0 Å². The summed E-state index contributed by atoms with van der Waals surface area (Å²) in [7, 11) is 1.78. The Kier molecular flexibility index (Phi) is 9.76. The summed E-state index contributed by atoms with van der Waals surface area (Å²) in [6.07, 6.45) is 2.60. The maximum Gasteiger partial charge on any atom is 0.227 e. The molecule has 0 radical (unpaired) electrons. The molecule has 2 aromatic carbocycles. The Hall–Kier alpha value is -2.29. The minimum atomic E-state index is 0. The second-order valence-corrected chi connectivity index (χ2v) is 6.81. The van der Waals surface area contributed by atoms with Gasteiger partial charge in [0.2, 0.25) is 5.91 Å². The average Bonchev–Trinajstić information content (AvgIpc) is 3.17. The van der Waals surface area contributed by atoms with Gasteiger partial charge < -0.3 is 20.9 Å². The van der Waals surface area contributed by atoms with Crippen LogP contribution in [-0.2, 0) is 11.3 Å². The maximum atomic E-state index is 11.8. The molecule has 0 unspecified atom stereocenters. The normalized spacial score (nSPS) is 13.8. The van der Waals surface area contributed by atoms with E-state index < -0.39 is 0 Å². The molecule has 0 aliphatic carbocycles. The predicted molar refractivity (Wildman–Crippen MR) is 131 cm³/mol. The number of amides is 1. The number of nitrogens with zero attached hydrogens (tertiary/aromatic N) is 2. The van der Waals surface area contributed by atoms with Crippen LogP contribution in [0.3, 0.4) is 0 Å². The first kappa shape index (κ1) is 23.0. The zero-order valence-corrected chi connectivity index (χ0v) is 19.2. The fourth-order valence-electron chi connectivity index (χ4n) is 3.21. The van der Waals surface area contributed by atoms with Crippen LogP contribution in [0.5, 0.6) is 0 Å². The van der Waals surface area contributed by atoms with E-state index in [2.05, 4.69) is 45.2 Å². The summed E-state index contributed by atoms with van der Waals surface area (Å²) >= 11 is 0. The van der Waals surface area contributed by atoms with E-state index >= 15 is 0 Å². The Morgan fingerprint density at radius 2 is 1.79 bits per heavy atom. The lowest BCUT2D eigenvalue weighted by Gasteiger charge is -2.16. The molecule has 29 heavy (non-hydrogen) atoms. The molecule has 0 aromatic heterocycles. The zero-order valence-electron chi connectivity index (χ0n) is 16.9. The SMILES string of the molecule is CN=C(NCCCNc1ccccc1)NCc1ccc(N2CCCC2=O)cc1.I. The molecule has 3 rings (SSSR count). The van der Waals surface area contributed by atoms with Crippen molar-refractivity contribution < 1.29 is 4.79 Å². The summed E-state index contributed by atoms with van der Waals surface area (Å²) in [5, 5.41) is 10.1. The molecular formula is C22H30IN5O. The first-order valence-electron chi connectivity index (χ1n) is 9.89. The highest BCUT2D eigenvalue weighted by Crippen LogP contribution is 2.21. The van der Waals surface area contributed by atoms with Crippen molar-refractivity contribution in [3.05, 3.63) is 60.2 Å². The van der Waals surface area contributed by atoms with Gasteiger partial charge in [0.1, 0.15) is 0 Å². The van der Waals surface area contributed by atoms with Gasteiger partial charge in [-0.3, -0.25) is 9.79 Å². The third-order valence-corrected chi connectivity index (χ3v) is 4.75. The second-order valence-electron chi connectivity index (χ2n) is 6.81. The summed E-state index contributed by atoms with van der Waals surface area (Å²) in [4.78, 5) is 18.0. The van der Waals surface area contributed by atoms with Crippen LogP contribution in [0.1, 0.15) is 24.8 Å². The molecule has 1 saturated heterocycles. The second kappa shape index (κ2) is 12.3. The van der Waals surface area contributed by atoms with E-state index in [1.54, 1.807) is 7.05 Å². The van der Waals surface area contributed by atoms with E-state index in [0.717, 1.165) is 55.4 Å². The summed E-state index contributed by atoms with van der Waals surface area (Å²) in [5.41, 5.74) is 3.29. The van der Waals surface area contributed by atoms with Gasteiger partial charge in [0.25, 0.3) is 0 Å². The Morgan fingerprint density at radius 3 is 2.45 bits per heavy atom.